The Kier molecular flexibility index (Phi) is 4.64. The van der Waals surface area contributed by atoms with Gasteiger partial charge in [-0.05, 0) is 25.0 Å². The summed E-state index contributed by atoms with van der Waals surface area (Å²) in [5.41, 5.74) is 0.608. The molecule has 1 aromatic rings. The molecular weight excluding hydrogens is 301 g/mol. The molecule has 124 valence electrons. The zero-order chi connectivity index (χ0) is 16.2. The molecule has 23 heavy (non-hydrogen) atoms. The van der Waals surface area contributed by atoms with Gasteiger partial charge < -0.3 is 15.0 Å². The second kappa shape index (κ2) is 6.85. The summed E-state index contributed by atoms with van der Waals surface area (Å²) in [6, 6.07) is 6.78. The van der Waals surface area contributed by atoms with E-state index in [9.17, 15) is 14.0 Å². The summed E-state index contributed by atoms with van der Waals surface area (Å²) < 4.78 is 18.6. The Morgan fingerprint density at radius 2 is 2.00 bits per heavy atom. The van der Waals surface area contributed by atoms with Gasteiger partial charge in [-0.3, -0.25) is 9.69 Å². The lowest BCUT2D eigenvalue weighted by Crippen LogP contribution is -2.47. The maximum atomic E-state index is 13.8. The molecule has 0 aliphatic carbocycles. The van der Waals surface area contributed by atoms with E-state index >= 15 is 0 Å². The first kappa shape index (κ1) is 15.6. The van der Waals surface area contributed by atoms with Crippen LogP contribution in [0.25, 0.3) is 0 Å². The summed E-state index contributed by atoms with van der Waals surface area (Å²) in [5, 5.41) is 2.94. The third kappa shape index (κ3) is 3.72. The van der Waals surface area contributed by atoms with Crippen molar-refractivity contribution in [3.8, 4) is 0 Å². The van der Waals surface area contributed by atoms with E-state index in [0.717, 1.165) is 12.8 Å². The molecule has 2 saturated heterocycles. The van der Waals surface area contributed by atoms with E-state index in [1.807, 2.05) is 11.0 Å². The number of hydrogen-bond donors (Lipinski definition) is 1. The fourth-order valence-corrected chi connectivity index (χ4v) is 2.99. The lowest BCUT2D eigenvalue weighted by molar-refractivity contribution is -0.122. The molecule has 2 fully saturated rings. The second-order valence-corrected chi connectivity index (χ2v) is 5.82. The van der Waals surface area contributed by atoms with Crippen molar-refractivity contribution in [3.05, 3.63) is 30.1 Å². The van der Waals surface area contributed by atoms with E-state index in [4.69, 9.17) is 4.74 Å². The minimum absolute atomic E-state index is 0.0341. The van der Waals surface area contributed by atoms with Crippen molar-refractivity contribution in [2.45, 2.75) is 18.9 Å². The molecule has 2 aliphatic heterocycles. The SMILES string of the molecule is O=C(CN1CCOC1=O)NC1CCN(c2ccccc2F)CC1. The van der Waals surface area contributed by atoms with Crippen LogP contribution in [0.3, 0.4) is 0 Å². The monoisotopic (exact) mass is 321 g/mol. The van der Waals surface area contributed by atoms with Crippen LogP contribution < -0.4 is 10.2 Å². The van der Waals surface area contributed by atoms with Crippen LogP contribution in [0.1, 0.15) is 12.8 Å². The molecule has 0 spiro atoms. The topological polar surface area (TPSA) is 61.9 Å². The summed E-state index contributed by atoms with van der Waals surface area (Å²) in [4.78, 5) is 26.7. The van der Waals surface area contributed by atoms with Crippen LogP contribution >= 0.6 is 0 Å². The molecule has 2 aliphatic rings. The van der Waals surface area contributed by atoms with Crippen molar-refractivity contribution in [3.63, 3.8) is 0 Å². The second-order valence-electron chi connectivity index (χ2n) is 5.82. The summed E-state index contributed by atoms with van der Waals surface area (Å²) in [7, 11) is 0. The van der Waals surface area contributed by atoms with Crippen LogP contribution in [-0.2, 0) is 9.53 Å². The number of ether oxygens (including phenoxy) is 1. The number of rotatable bonds is 4. The highest BCUT2D eigenvalue weighted by molar-refractivity contribution is 5.83. The number of piperidine rings is 1. The number of amides is 2. The Bertz CT molecular complexity index is 588. The van der Waals surface area contributed by atoms with E-state index in [-0.39, 0.29) is 24.3 Å². The number of benzene rings is 1. The summed E-state index contributed by atoms with van der Waals surface area (Å²) in [6.45, 7) is 2.22. The van der Waals surface area contributed by atoms with Crippen molar-refractivity contribution < 1.29 is 18.7 Å². The highest BCUT2D eigenvalue weighted by Crippen LogP contribution is 2.22. The zero-order valence-electron chi connectivity index (χ0n) is 12.8. The van der Waals surface area contributed by atoms with E-state index in [2.05, 4.69) is 5.32 Å². The molecule has 0 bridgehead atoms. The summed E-state index contributed by atoms with van der Waals surface area (Å²) in [6.07, 6.45) is 1.07. The first-order valence-corrected chi connectivity index (χ1v) is 7.84. The number of halogens is 1. The molecule has 6 nitrogen and oxygen atoms in total. The quantitative estimate of drug-likeness (QED) is 0.910. The van der Waals surface area contributed by atoms with Crippen molar-refractivity contribution in [1.82, 2.24) is 10.2 Å². The van der Waals surface area contributed by atoms with E-state index in [1.165, 1.54) is 11.0 Å². The Hall–Kier alpha value is -2.31. The minimum Gasteiger partial charge on any atom is -0.448 e. The van der Waals surface area contributed by atoms with Crippen LogP contribution in [0, 0.1) is 5.82 Å². The van der Waals surface area contributed by atoms with E-state index < -0.39 is 6.09 Å². The average molecular weight is 321 g/mol. The predicted octanol–water partition coefficient (Wildman–Crippen LogP) is 1.36. The molecule has 0 aromatic heterocycles. The largest absolute Gasteiger partial charge is 0.448 e. The smallest absolute Gasteiger partial charge is 0.410 e. The molecular formula is C16H20FN3O3. The summed E-state index contributed by atoms with van der Waals surface area (Å²) in [5.74, 6) is -0.393. The molecule has 3 rings (SSSR count). The number of cyclic esters (lactones) is 1. The van der Waals surface area contributed by atoms with Gasteiger partial charge in [0, 0.05) is 19.1 Å². The highest BCUT2D eigenvalue weighted by Gasteiger charge is 2.26. The minimum atomic E-state index is -0.436. The number of anilines is 1. The number of nitrogens with one attached hydrogen (secondary N) is 1. The van der Waals surface area contributed by atoms with Crippen molar-refractivity contribution in [2.24, 2.45) is 0 Å². The van der Waals surface area contributed by atoms with Gasteiger partial charge in [-0.15, -0.1) is 0 Å². The zero-order valence-corrected chi connectivity index (χ0v) is 12.8. The van der Waals surface area contributed by atoms with Gasteiger partial charge in [0.05, 0.1) is 12.2 Å². The summed E-state index contributed by atoms with van der Waals surface area (Å²) >= 11 is 0. The van der Waals surface area contributed by atoms with Gasteiger partial charge in [-0.2, -0.15) is 0 Å². The highest BCUT2D eigenvalue weighted by atomic mass is 19.1. The molecule has 0 atom stereocenters. The first-order chi connectivity index (χ1) is 11.1. The van der Waals surface area contributed by atoms with Gasteiger partial charge in [0.1, 0.15) is 19.0 Å². The average Bonchev–Trinajstić information content (AvgIpc) is 2.94. The fourth-order valence-electron chi connectivity index (χ4n) is 2.99. The molecule has 0 unspecified atom stereocenters. The Balaban J connectivity index is 1.46. The molecule has 1 aromatic carbocycles. The van der Waals surface area contributed by atoms with Gasteiger partial charge in [0.25, 0.3) is 0 Å². The van der Waals surface area contributed by atoms with Gasteiger partial charge >= 0.3 is 6.09 Å². The van der Waals surface area contributed by atoms with Gasteiger partial charge in [-0.25, -0.2) is 9.18 Å². The predicted molar refractivity (Wildman–Crippen MR) is 82.7 cm³/mol. The van der Waals surface area contributed by atoms with Crippen LogP contribution in [0.5, 0.6) is 0 Å². The van der Waals surface area contributed by atoms with E-state index in [1.54, 1.807) is 12.1 Å². The van der Waals surface area contributed by atoms with Crippen LogP contribution in [0.2, 0.25) is 0 Å². The molecule has 7 heteroatoms. The molecule has 0 radical (unpaired) electrons. The normalized spacial score (nSPS) is 18.9. The number of hydrogen-bond acceptors (Lipinski definition) is 4. The van der Waals surface area contributed by atoms with Crippen LogP contribution in [0.15, 0.2) is 24.3 Å². The maximum absolute atomic E-state index is 13.8. The lowest BCUT2D eigenvalue weighted by Gasteiger charge is -2.34. The third-order valence-corrected chi connectivity index (χ3v) is 4.23. The Labute approximate surface area is 134 Å². The van der Waals surface area contributed by atoms with Gasteiger partial charge in [0.15, 0.2) is 0 Å². The van der Waals surface area contributed by atoms with Gasteiger partial charge in [0.2, 0.25) is 5.91 Å². The number of carbonyl (C=O) groups is 2. The van der Waals surface area contributed by atoms with Crippen molar-refractivity contribution in [1.29, 1.82) is 0 Å². The molecule has 2 amide bonds. The lowest BCUT2D eigenvalue weighted by atomic mass is 10.0. The van der Waals surface area contributed by atoms with Crippen molar-refractivity contribution in [2.75, 3.05) is 37.7 Å². The van der Waals surface area contributed by atoms with E-state index in [0.29, 0.717) is 31.9 Å². The fraction of sp³-hybridized carbons (Fsp3) is 0.500. The standard InChI is InChI=1S/C16H20FN3O3/c17-13-3-1-2-4-14(13)19-7-5-12(6-8-19)18-15(21)11-20-9-10-23-16(20)22/h1-4,12H,5-11H2,(H,18,21). The maximum Gasteiger partial charge on any atom is 0.410 e. The molecule has 1 N–H and O–H groups in total. The van der Waals surface area contributed by atoms with Crippen molar-refractivity contribution >= 4 is 17.7 Å². The Morgan fingerprint density at radius 3 is 2.65 bits per heavy atom. The Morgan fingerprint density at radius 1 is 1.26 bits per heavy atom. The number of nitrogens with zero attached hydrogens (tertiary/aromatic N) is 2. The van der Waals surface area contributed by atoms with Crippen LogP contribution in [0.4, 0.5) is 14.9 Å². The number of para-hydroxylation sites is 1. The van der Waals surface area contributed by atoms with Crippen LogP contribution in [-0.4, -0.2) is 55.7 Å². The molecule has 0 saturated carbocycles. The molecule has 2 heterocycles. The van der Waals surface area contributed by atoms with Gasteiger partial charge in [-0.1, -0.05) is 12.1 Å². The third-order valence-electron chi connectivity index (χ3n) is 4.23. The first-order valence-electron chi connectivity index (χ1n) is 7.84. The number of carbonyl (C=O) groups excluding carboxylic acids is 2.